The van der Waals surface area contributed by atoms with Crippen molar-refractivity contribution in [1.82, 2.24) is 5.32 Å². The maximum absolute atomic E-state index is 12.9. The number of aryl methyl sites for hydroxylation is 2. The van der Waals surface area contributed by atoms with E-state index >= 15 is 0 Å². The fraction of sp³-hybridized carbons (Fsp3) is 0.529. The number of rotatable bonds is 1. The molecule has 0 saturated carbocycles. The first-order valence-corrected chi connectivity index (χ1v) is 7.38. The van der Waals surface area contributed by atoms with Gasteiger partial charge in [0.05, 0.1) is 0 Å². The largest absolute Gasteiger partial charge is 0.344 e. The van der Waals surface area contributed by atoms with E-state index in [0.29, 0.717) is 13.0 Å². The van der Waals surface area contributed by atoms with Gasteiger partial charge < -0.3 is 10.2 Å². The molecule has 0 bridgehead atoms. The number of hydrogen-bond acceptors (Lipinski definition) is 2. The zero-order valence-corrected chi connectivity index (χ0v) is 13.5. The highest BCUT2D eigenvalue weighted by Crippen LogP contribution is 2.28. The Morgan fingerprint density at radius 3 is 2.43 bits per heavy atom. The summed E-state index contributed by atoms with van der Waals surface area (Å²) in [4.78, 5) is 26.6. The van der Waals surface area contributed by atoms with Gasteiger partial charge in [0, 0.05) is 18.7 Å². The van der Waals surface area contributed by atoms with Gasteiger partial charge >= 0.3 is 0 Å². The number of carbonyl (C=O) groups excluding carboxylic acids is 2. The maximum Gasteiger partial charge on any atom is 0.250 e. The van der Waals surface area contributed by atoms with Crippen LogP contribution in [-0.4, -0.2) is 24.4 Å². The Labute approximate surface area is 126 Å². The lowest BCUT2D eigenvalue weighted by Crippen LogP contribution is -2.52. The van der Waals surface area contributed by atoms with Crippen molar-refractivity contribution in [3.63, 3.8) is 0 Å². The predicted molar refractivity (Wildman–Crippen MR) is 84.3 cm³/mol. The fourth-order valence-corrected chi connectivity index (χ4v) is 2.71. The van der Waals surface area contributed by atoms with E-state index in [1.54, 1.807) is 4.90 Å². The summed E-state index contributed by atoms with van der Waals surface area (Å²) in [5.41, 5.74) is 2.82. The molecule has 1 aliphatic rings. The summed E-state index contributed by atoms with van der Waals surface area (Å²) in [6.45, 7) is 10.4. The summed E-state index contributed by atoms with van der Waals surface area (Å²) in [5, 5.41) is 2.87. The lowest BCUT2D eigenvalue weighted by molar-refractivity contribution is -0.127. The molecule has 1 heterocycles. The van der Waals surface area contributed by atoms with E-state index in [0.717, 1.165) is 11.3 Å². The van der Waals surface area contributed by atoms with Gasteiger partial charge in [0.25, 0.3) is 0 Å². The van der Waals surface area contributed by atoms with Crippen molar-refractivity contribution in [2.75, 3.05) is 11.4 Å². The minimum Gasteiger partial charge on any atom is -0.344 e. The van der Waals surface area contributed by atoms with Gasteiger partial charge in [0.2, 0.25) is 11.8 Å². The molecule has 1 aliphatic heterocycles. The summed E-state index contributed by atoms with van der Waals surface area (Å²) >= 11 is 0. The Bertz CT molecular complexity index is 573. The molecule has 4 nitrogen and oxygen atoms in total. The molecule has 1 fully saturated rings. The minimum atomic E-state index is -0.492. The summed E-state index contributed by atoms with van der Waals surface area (Å²) in [6.07, 6.45) is 0.339. The van der Waals surface area contributed by atoms with Gasteiger partial charge in [-0.15, -0.1) is 0 Å². The van der Waals surface area contributed by atoms with Gasteiger partial charge in [-0.05, 0) is 30.9 Å². The van der Waals surface area contributed by atoms with Crippen LogP contribution in [0, 0.1) is 19.3 Å². The number of anilines is 1. The molecule has 0 radical (unpaired) electrons. The van der Waals surface area contributed by atoms with E-state index < -0.39 is 6.04 Å². The second-order valence-electron chi connectivity index (χ2n) is 6.90. The smallest absolute Gasteiger partial charge is 0.250 e. The first-order valence-electron chi connectivity index (χ1n) is 7.38. The molecule has 1 aromatic carbocycles. The second-order valence-corrected chi connectivity index (χ2v) is 6.90. The molecule has 1 N–H and O–H groups in total. The van der Waals surface area contributed by atoms with Crippen LogP contribution in [0.5, 0.6) is 0 Å². The van der Waals surface area contributed by atoms with E-state index in [1.807, 2.05) is 46.8 Å². The first-order chi connectivity index (χ1) is 9.70. The molecule has 1 atom stereocenters. The topological polar surface area (TPSA) is 49.4 Å². The standard InChI is InChI=1S/C17H24N2O2/c1-11-6-7-13(12(2)10-11)19-9-8-14(20)18-15(16(19)21)17(3,4)5/h6-7,10,15H,8-9H2,1-5H3,(H,18,20). The van der Waals surface area contributed by atoms with E-state index in [2.05, 4.69) is 11.4 Å². The summed E-state index contributed by atoms with van der Waals surface area (Å²) < 4.78 is 0. The number of hydrogen-bond donors (Lipinski definition) is 1. The minimum absolute atomic E-state index is 0.0275. The molecule has 21 heavy (non-hydrogen) atoms. The van der Waals surface area contributed by atoms with Crippen molar-refractivity contribution in [3.8, 4) is 0 Å². The van der Waals surface area contributed by atoms with Crippen molar-refractivity contribution >= 4 is 17.5 Å². The maximum atomic E-state index is 12.9. The average Bonchev–Trinajstić information content (AvgIpc) is 2.50. The lowest BCUT2D eigenvalue weighted by atomic mass is 9.86. The van der Waals surface area contributed by atoms with Gasteiger partial charge in [0.15, 0.2) is 0 Å². The quantitative estimate of drug-likeness (QED) is 0.863. The van der Waals surface area contributed by atoms with Crippen molar-refractivity contribution in [2.24, 2.45) is 5.41 Å². The first kappa shape index (κ1) is 15.5. The number of nitrogens with zero attached hydrogens (tertiary/aromatic N) is 1. The van der Waals surface area contributed by atoms with E-state index in [4.69, 9.17) is 0 Å². The number of amides is 2. The zero-order chi connectivity index (χ0) is 15.8. The van der Waals surface area contributed by atoms with Crippen molar-refractivity contribution in [1.29, 1.82) is 0 Å². The van der Waals surface area contributed by atoms with Gasteiger partial charge in [-0.2, -0.15) is 0 Å². The van der Waals surface area contributed by atoms with Crippen molar-refractivity contribution in [3.05, 3.63) is 29.3 Å². The van der Waals surface area contributed by atoms with E-state index in [9.17, 15) is 9.59 Å². The molecular weight excluding hydrogens is 264 g/mol. The van der Waals surface area contributed by atoms with Crippen molar-refractivity contribution < 1.29 is 9.59 Å². The summed E-state index contributed by atoms with van der Waals surface area (Å²) in [6, 6.07) is 5.54. The molecule has 1 unspecified atom stereocenters. The van der Waals surface area contributed by atoms with Crippen LogP contribution in [0.4, 0.5) is 5.69 Å². The number of nitrogens with one attached hydrogen (secondary N) is 1. The van der Waals surface area contributed by atoms with Crippen LogP contribution in [0.3, 0.4) is 0 Å². The van der Waals surface area contributed by atoms with Crippen LogP contribution in [0.25, 0.3) is 0 Å². The molecule has 2 rings (SSSR count). The third-order valence-electron chi connectivity index (χ3n) is 3.89. The Hall–Kier alpha value is -1.84. The second kappa shape index (κ2) is 5.51. The summed E-state index contributed by atoms with van der Waals surface area (Å²) in [5.74, 6) is -0.0872. The highest BCUT2D eigenvalue weighted by molar-refractivity contribution is 6.02. The van der Waals surface area contributed by atoms with Crippen LogP contribution in [-0.2, 0) is 9.59 Å². The Kier molecular flexibility index (Phi) is 4.08. The Morgan fingerprint density at radius 2 is 1.86 bits per heavy atom. The van der Waals surface area contributed by atoms with E-state index in [1.165, 1.54) is 5.56 Å². The third-order valence-corrected chi connectivity index (χ3v) is 3.89. The van der Waals surface area contributed by atoms with Crippen LogP contribution < -0.4 is 10.2 Å². The third kappa shape index (κ3) is 3.26. The molecule has 1 aromatic rings. The van der Waals surface area contributed by atoms with Gasteiger partial charge in [0.1, 0.15) is 6.04 Å². The van der Waals surface area contributed by atoms with Gasteiger partial charge in [-0.3, -0.25) is 9.59 Å². The van der Waals surface area contributed by atoms with Gasteiger partial charge in [-0.25, -0.2) is 0 Å². The highest BCUT2D eigenvalue weighted by Gasteiger charge is 2.38. The number of carbonyl (C=O) groups is 2. The highest BCUT2D eigenvalue weighted by atomic mass is 16.2. The lowest BCUT2D eigenvalue weighted by Gasteiger charge is -2.32. The molecule has 114 valence electrons. The summed E-state index contributed by atoms with van der Waals surface area (Å²) in [7, 11) is 0. The van der Waals surface area contributed by atoms with Gasteiger partial charge in [-0.1, -0.05) is 38.5 Å². The van der Waals surface area contributed by atoms with Crippen LogP contribution in [0.2, 0.25) is 0 Å². The zero-order valence-electron chi connectivity index (χ0n) is 13.5. The molecule has 0 spiro atoms. The molecular formula is C17H24N2O2. The fourth-order valence-electron chi connectivity index (χ4n) is 2.71. The molecule has 1 saturated heterocycles. The van der Waals surface area contributed by atoms with Crippen LogP contribution >= 0.6 is 0 Å². The van der Waals surface area contributed by atoms with Crippen molar-refractivity contribution in [2.45, 2.75) is 47.1 Å². The van der Waals surface area contributed by atoms with Crippen LogP contribution in [0.1, 0.15) is 38.3 Å². The Morgan fingerprint density at radius 1 is 1.19 bits per heavy atom. The monoisotopic (exact) mass is 288 g/mol. The molecule has 0 aromatic heterocycles. The Balaban J connectivity index is 2.42. The normalized spacial score (nSPS) is 20.2. The molecule has 0 aliphatic carbocycles. The molecule has 2 amide bonds. The predicted octanol–water partition coefficient (Wildman–Crippen LogP) is 2.57. The molecule has 4 heteroatoms. The SMILES string of the molecule is Cc1ccc(N2CCC(=O)NC(C(C)(C)C)C2=O)c(C)c1. The number of benzene rings is 1. The average molecular weight is 288 g/mol. The van der Waals surface area contributed by atoms with Crippen LogP contribution in [0.15, 0.2) is 18.2 Å². The van der Waals surface area contributed by atoms with E-state index in [-0.39, 0.29) is 17.2 Å².